The van der Waals surface area contributed by atoms with Crippen molar-refractivity contribution in [3.8, 4) is 0 Å². The molecule has 0 unspecified atom stereocenters. The molecule has 0 saturated carbocycles. The van der Waals surface area contributed by atoms with Crippen LogP contribution in [0.2, 0.25) is 0 Å². The van der Waals surface area contributed by atoms with Crippen LogP contribution in [-0.2, 0) is 13.6 Å². The lowest BCUT2D eigenvalue weighted by atomic mass is 10.4. The first-order chi connectivity index (χ1) is 8.47. The van der Waals surface area contributed by atoms with E-state index in [1.165, 1.54) is 16.8 Å². The number of hydrogen-bond donors (Lipinski definition) is 1. The highest BCUT2D eigenvalue weighted by atomic mass is 16.2. The molecule has 0 saturated heterocycles. The predicted molar refractivity (Wildman–Crippen MR) is 66.2 cm³/mol. The highest BCUT2D eigenvalue weighted by Crippen LogP contribution is 2.01. The molecular weight excluding hydrogens is 234 g/mol. The van der Waals surface area contributed by atoms with Gasteiger partial charge in [0.25, 0.3) is 5.56 Å². The molecule has 7 nitrogen and oxygen atoms in total. The zero-order valence-electron chi connectivity index (χ0n) is 10.1. The molecular formula is C11H13N5O2. The number of nitrogens with two attached hydrogens (primary N) is 1. The van der Waals surface area contributed by atoms with E-state index in [1.807, 2.05) is 0 Å². The molecule has 0 aliphatic rings. The van der Waals surface area contributed by atoms with Gasteiger partial charge in [-0.15, -0.1) is 0 Å². The second-order valence-electron chi connectivity index (χ2n) is 3.98. The molecule has 0 aliphatic heterocycles. The van der Waals surface area contributed by atoms with Crippen molar-refractivity contribution in [2.75, 3.05) is 5.73 Å². The van der Waals surface area contributed by atoms with Gasteiger partial charge in [-0.25, -0.2) is 14.8 Å². The normalized spacial score (nSPS) is 10.6. The van der Waals surface area contributed by atoms with E-state index in [4.69, 9.17) is 5.73 Å². The molecule has 2 N–H and O–H groups in total. The van der Waals surface area contributed by atoms with Gasteiger partial charge in [0.2, 0.25) is 0 Å². The summed E-state index contributed by atoms with van der Waals surface area (Å²) < 4.78 is 2.38. The molecule has 7 heteroatoms. The zero-order chi connectivity index (χ0) is 13.3. The van der Waals surface area contributed by atoms with Crippen LogP contribution in [0.5, 0.6) is 0 Å². The number of aryl methyl sites for hydroxylation is 2. The fourth-order valence-corrected chi connectivity index (χ4v) is 1.63. The van der Waals surface area contributed by atoms with E-state index in [0.29, 0.717) is 17.3 Å². The third-order valence-corrected chi connectivity index (χ3v) is 2.46. The summed E-state index contributed by atoms with van der Waals surface area (Å²) in [5.41, 5.74) is 5.49. The van der Waals surface area contributed by atoms with Crippen molar-refractivity contribution in [1.29, 1.82) is 0 Å². The molecule has 2 heterocycles. The molecule has 0 bridgehead atoms. The van der Waals surface area contributed by atoms with Gasteiger partial charge < -0.3 is 10.3 Å². The maximum absolute atomic E-state index is 11.8. The Morgan fingerprint density at radius 3 is 2.72 bits per heavy atom. The number of anilines is 1. The summed E-state index contributed by atoms with van der Waals surface area (Å²) in [6.45, 7) is 1.78. The lowest BCUT2D eigenvalue weighted by Crippen LogP contribution is -2.38. The van der Waals surface area contributed by atoms with Crippen molar-refractivity contribution in [2.45, 2.75) is 13.5 Å². The van der Waals surface area contributed by atoms with Crippen LogP contribution in [0.1, 0.15) is 11.5 Å². The molecule has 0 amide bonds. The van der Waals surface area contributed by atoms with Gasteiger partial charge in [0, 0.05) is 31.1 Å². The third-order valence-electron chi connectivity index (χ3n) is 2.46. The Labute approximate surface area is 103 Å². The first-order valence-corrected chi connectivity index (χ1v) is 5.34. The summed E-state index contributed by atoms with van der Waals surface area (Å²) in [5.74, 6) is 0.663. The number of hydrogen-bond acceptors (Lipinski definition) is 5. The average Bonchev–Trinajstić information content (AvgIpc) is 2.28. The number of nitrogen functional groups attached to an aromatic ring is 1. The highest BCUT2D eigenvalue weighted by Gasteiger charge is 2.07. The summed E-state index contributed by atoms with van der Waals surface area (Å²) >= 11 is 0. The van der Waals surface area contributed by atoms with E-state index in [9.17, 15) is 9.59 Å². The Hall–Kier alpha value is -2.44. The Kier molecular flexibility index (Phi) is 2.97. The summed E-state index contributed by atoms with van der Waals surface area (Å²) in [7, 11) is 1.57. The lowest BCUT2D eigenvalue weighted by Gasteiger charge is -2.06. The van der Waals surface area contributed by atoms with E-state index < -0.39 is 5.69 Å². The smallest absolute Gasteiger partial charge is 0.331 e. The standard InChI is InChI=1S/C11H13N5O2/c1-7-5-8(12)14-9(13-7)6-16-10(17)3-4-15(2)11(16)18/h3-5H,6H2,1-2H3,(H2,12,13,14). The molecule has 0 spiro atoms. The minimum absolute atomic E-state index is 0.0121. The Morgan fingerprint density at radius 1 is 1.33 bits per heavy atom. The van der Waals surface area contributed by atoms with Crippen molar-refractivity contribution >= 4 is 5.82 Å². The summed E-state index contributed by atoms with van der Waals surface area (Å²) in [6, 6.07) is 2.94. The van der Waals surface area contributed by atoms with Crippen molar-refractivity contribution in [3.05, 3.63) is 50.7 Å². The van der Waals surface area contributed by atoms with Gasteiger partial charge in [0.1, 0.15) is 5.82 Å². The molecule has 2 aromatic rings. The van der Waals surface area contributed by atoms with Crippen molar-refractivity contribution < 1.29 is 0 Å². The molecule has 94 valence electrons. The minimum Gasteiger partial charge on any atom is -0.384 e. The molecule has 0 atom stereocenters. The topological polar surface area (TPSA) is 95.8 Å². The van der Waals surface area contributed by atoms with Crippen LogP contribution in [0.15, 0.2) is 27.9 Å². The van der Waals surface area contributed by atoms with Crippen LogP contribution < -0.4 is 17.0 Å². The van der Waals surface area contributed by atoms with Crippen molar-refractivity contribution in [3.63, 3.8) is 0 Å². The SMILES string of the molecule is Cc1cc(N)nc(Cn2c(=O)ccn(C)c2=O)n1. The molecule has 2 aromatic heterocycles. The van der Waals surface area contributed by atoms with Crippen molar-refractivity contribution in [2.24, 2.45) is 7.05 Å². The van der Waals surface area contributed by atoms with Gasteiger partial charge in [0.15, 0.2) is 5.82 Å². The molecule has 18 heavy (non-hydrogen) atoms. The largest absolute Gasteiger partial charge is 0.384 e. The molecule has 0 radical (unpaired) electrons. The van der Waals surface area contributed by atoms with Crippen LogP contribution in [0, 0.1) is 6.92 Å². The van der Waals surface area contributed by atoms with Gasteiger partial charge in [-0.3, -0.25) is 9.36 Å². The van der Waals surface area contributed by atoms with Gasteiger partial charge in [0.05, 0.1) is 6.54 Å². The summed E-state index contributed by atoms with van der Waals surface area (Å²) in [6.07, 6.45) is 1.42. The fourth-order valence-electron chi connectivity index (χ4n) is 1.63. The first-order valence-electron chi connectivity index (χ1n) is 5.34. The summed E-state index contributed by atoms with van der Waals surface area (Å²) in [4.78, 5) is 31.6. The van der Waals surface area contributed by atoms with Crippen LogP contribution in [0.4, 0.5) is 5.82 Å². The monoisotopic (exact) mass is 247 g/mol. The second kappa shape index (κ2) is 4.44. The first kappa shape index (κ1) is 12.0. The van der Waals surface area contributed by atoms with Gasteiger partial charge in [-0.1, -0.05) is 0 Å². The third kappa shape index (κ3) is 2.29. The van der Waals surface area contributed by atoms with E-state index in [1.54, 1.807) is 20.0 Å². The Bertz CT molecular complexity index is 681. The second-order valence-corrected chi connectivity index (χ2v) is 3.98. The highest BCUT2D eigenvalue weighted by molar-refractivity contribution is 5.29. The van der Waals surface area contributed by atoms with Gasteiger partial charge >= 0.3 is 5.69 Å². The van der Waals surface area contributed by atoms with Crippen LogP contribution in [-0.4, -0.2) is 19.1 Å². The molecule has 0 fully saturated rings. The fraction of sp³-hybridized carbons (Fsp3) is 0.273. The Morgan fingerprint density at radius 2 is 2.06 bits per heavy atom. The van der Waals surface area contributed by atoms with E-state index >= 15 is 0 Å². The van der Waals surface area contributed by atoms with Crippen LogP contribution >= 0.6 is 0 Å². The lowest BCUT2D eigenvalue weighted by molar-refractivity contribution is 0.619. The minimum atomic E-state index is -0.411. The van der Waals surface area contributed by atoms with Crippen LogP contribution in [0.25, 0.3) is 0 Å². The van der Waals surface area contributed by atoms with Crippen LogP contribution in [0.3, 0.4) is 0 Å². The van der Waals surface area contributed by atoms with Crippen molar-refractivity contribution in [1.82, 2.24) is 19.1 Å². The molecule has 0 aliphatic carbocycles. The van der Waals surface area contributed by atoms with E-state index in [0.717, 1.165) is 4.57 Å². The maximum Gasteiger partial charge on any atom is 0.331 e. The summed E-state index contributed by atoms with van der Waals surface area (Å²) in [5, 5.41) is 0. The Balaban J connectivity index is 2.49. The van der Waals surface area contributed by atoms with E-state index in [2.05, 4.69) is 9.97 Å². The van der Waals surface area contributed by atoms with Gasteiger partial charge in [-0.05, 0) is 6.92 Å². The average molecular weight is 247 g/mol. The molecule has 0 aromatic carbocycles. The predicted octanol–water partition coefficient (Wildman–Crippen LogP) is -0.724. The maximum atomic E-state index is 11.8. The zero-order valence-corrected chi connectivity index (χ0v) is 10.1. The number of nitrogens with zero attached hydrogens (tertiary/aromatic N) is 4. The number of rotatable bonds is 2. The van der Waals surface area contributed by atoms with E-state index in [-0.39, 0.29) is 12.1 Å². The quantitative estimate of drug-likeness (QED) is 0.755. The molecule has 2 rings (SSSR count). The number of aromatic nitrogens is 4. The van der Waals surface area contributed by atoms with Gasteiger partial charge in [-0.2, -0.15) is 0 Å².